The number of amides is 1. The molecule has 3 rings (SSSR count). The van der Waals surface area contributed by atoms with Crippen LogP contribution >= 0.6 is 23.1 Å². The van der Waals surface area contributed by atoms with E-state index in [0.717, 1.165) is 10.9 Å². The Morgan fingerprint density at radius 1 is 1.28 bits per heavy atom. The van der Waals surface area contributed by atoms with Crippen LogP contribution in [0.2, 0.25) is 0 Å². The van der Waals surface area contributed by atoms with Crippen LogP contribution < -0.4 is 0 Å². The summed E-state index contributed by atoms with van der Waals surface area (Å²) in [5.41, 5.74) is 1.37. The van der Waals surface area contributed by atoms with Gasteiger partial charge in [-0.2, -0.15) is 0 Å². The number of thioether (sulfide) groups is 1. The van der Waals surface area contributed by atoms with Crippen LogP contribution in [-0.2, 0) is 6.54 Å². The minimum Gasteiger partial charge on any atom is -0.337 e. The van der Waals surface area contributed by atoms with Gasteiger partial charge in [0, 0.05) is 29.9 Å². The zero-order chi connectivity index (χ0) is 18.0. The number of benzene rings is 2. The maximum atomic E-state index is 12.7. The second-order valence-corrected chi connectivity index (χ2v) is 7.32. The van der Waals surface area contributed by atoms with Crippen molar-refractivity contribution in [2.75, 3.05) is 13.3 Å². The van der Waals surface area contributed by atoms with E-state index < -0.39 is 4.92 Å². The Labute approximate surface area is 153 Å². The van der Waals surface area contributed by atoms with E-state index in [4.69, 9.17) is 0 Å². The molecule has 0 saturated carbocycles. The Morgan fingerprint density at radius 3 is 2.76 bits per heavy atom. The summed E-state index contributed by atoms with van der Waals surface area (Å²) in [6.45, 7) is 0.459. The summed E-state index contributed by atoms with van der Waals surface area (Å²) in [6.07, 6.45) is 1.78. The molecular formula is C18H16N2O3S2. The number of rotatable bonds is 5. The Hall–Kier alpha value is -2.38. The minimum absolute atomic E-state index is 0.0345. The van der Waals surface area contributed by atoms with E-state index in [1.54, 1.807) is 41.7 Å². The zero-order valence-corrected chi connectivity index (χ0v) is 15.4. The molecule has 0 aliphatic heterocycles. The van der Waals surface area contributed by atoms with E-state index in [1.807, 2.05) is 23.6 Å². The molecule has 0 bridgehead atoms. The van der Waals surface area contributed by atoms with Crippen molar-refractivity contribution in [3.8, 4) is 0 Å². The molecule has 25 heavy (non-hydrogen) atoms. The lowest BCUT2D eigenvalue weighted by Gasteiger charge is -2.17. The van der Waals surface area contributed by atoms with Gasteiger partial charge in [-0.25, -0.2) is 0 Å². The molecule has 0 aliphatic carbocycles. The third-order valence-electron chi connectivity index (χ3n) is 3.94. The van der Waals surface area contributed by atoms with Crippen LogP contribution in [0.15, 0.2) is 52.7 Å². The second-order valence-electron chi connectivity index (χ2n) is 5.56. The molecule has 7 heteroatoms. The molecule has 1 aromatic heterocycles. The van der Waals surface area contributed by atoms with Crippen LogP contribution in [0.1, 0.15) is 15.9 Å². The quantitative estimate of drug-likeness (QED) is 0.366. The number of nitro benzene ring substituents is 1. The van der Waals surface area contributed by atoms with Gasteiger partial charge in [0.25, 0.3) is 11.6 Å². The standard InChI is InChI=1S/C18H16N2O3S2/c1-19(10-13-11-25-16-6-4-3-5-14(13)16)18(21)12-7-8-17(24-2)15(9-12)20(22)23/h3-9,11H,10H2,1-2H3. The smallest absolute Gasteiger partial charge is 0.283 e. The highest BCUT2D eigenvalue weighted by Gasteiger charge is 2.20. The van der Waals surface area contributed by atoms with Gasteiger partial charge in [0.05, 0.1) is 9.82 Å². The van der Waals surface area contributed by atoms with Crippen molar-refractivity contribution in [3.05, 3.63) is 69.1 Å². The molecule has 0 spiro atoms. The van der Waals surface area contributed by atoms with E-state index in [1.165, 1.54) is 22.5 Å². The van der Waals surface area contributed by atoms with Gasteiger partial charge in [-0.05, 0) is 40.8 Å². The van der Waals surface area contributed by atoms with E-state index in [0.29, 0.717) is 17.0 Å². The summed E-state index contributed by atoms with van der Waals surface area (Å²) in [6, 6.07) is 12.7. The van der Waals surface area contributed by atoms with E-state index in [2.05, 4.69) is 6.07 Å². The van der Waals surface area contributed by atoms with Crippen LogP contribution in [0.3, 0.4) is 0 Å². The summed E-state index contributed by atoms with van der Waals surface area (Å²) in [4.78, 5) is 25.6. The van der Waals surface area contributed by atoms with Crippen LogP contribution in [0.4, 0.5) is 5.69 Å². The predicted molar refractivity (Wildman–Crippen MR) is 102 cm³/mol. The first-order chi connectivity index (χ1) is 12.0. The topological polar surface area (TPSA) is 63.5 Å². The van der Waals surface area contributed by atoms with E-state index in [-0.39, 0.29) is 11.6 Å². The van der Waals surface area contributed by atoms with Crippen LogP contribution in [0.5, 0.6) is 0 Å². The summed E-state index contributed by atoms with van der Waals surface area (Å²) in [7, 11) is 1.71. The molecule has 0 unspecified atom stereocenters. The van der Waals surface area contributed by atoms with Gasteiger partial charge in [0.2, 0.25) is 0 Å². The van der Waals surface area contributed by atoms with Crippen molar-refractivity contribution in [1.82, 2.24) is 4.90 Å². The van der Waals surface area contributed by atoms with Crippen molar-refractivity contribution in [3.63, 3.8) is 0 Å². The average molecular weight is 372 g/mol. The Morgan fingerprint density at radius 2 is 2.04 bits per heavy atom. The van der Waals surface area contributed by atoms with Gasteiger partial charge >= 0.3 is 0 Å². The molecule has 0 N–H and O–H groups in total. The maximum Gasteiger partial charge on any atom is 0.283 e. The number of nitrogens with zero attached hydrogens (tertiary/aromatic N) is 2. The summed E-state index contributed by atoms with van der Waals surface area (Å²) >= 11 is 2.94. The van der Waals surface area contributed by atoms with Gasteiger partial charge in [-0.1, -0.05) is 18.2 Å². The van der Waals surface area contributed by atoms with Crippen molar-refractivity contribution in [1.29, 1.82) is 0 Å². The fourth-order valence-corrected chi connectivity index (χ4v) is 4.17. The lowest BCUT2D eigenvalue weighted by molar-refractivity contribution is -0.387. The number of fused-ring (bicyclic) bond motifs is 1. The number of carbonyl (C=O) groups excluding carboxylic acids is 1. The van der Waals surface area contributed by atoms with Gasteiger partial charge in [0.1, 0.15) is 0 Å². The SMILES string of the molecule is CSc1ccc(C(=O)N(C)Cc2csc3ccccc23)cc1[N+](=O)[O-]. The molecule has 1 heterocycles. The third kappa shape index (κ3) is 3.52. The molecular weight excluding hydrogens is 356 g/mol. The van der Waals surface area contributed by atoms with Crippen molar-refractivity contribution >= 4 is 44.8 Å². The fourth-order valence-electron chi connectivity index (χ4n) is 2.67. The third-order valence-corrected chi connectivity index (χ3v) is 5.74. The van der Waals surface area contributed by atoms with Gasteiger partial charge in [0.15, 0.2) is 0 Å². The lowest BCUT2D eigenvalue weighted by atomic mass is 10.1. The van der Waals surface area contributed by atoms with E-state index >= 15 is 0 Å². The fraction of sp³-hybridized carbons (Fsp3) is 0.167. The van der Waals surface area contributed by atoms with Crippen LogP contribution in [0.25, 0.3) is 10.1 Å². The molecule has 2 aromatic carbocycles. The highest BCUT2D eigenvalue weighted by atomic mass is 32.2. The molecule has 0 saturated heterocycles. The summed E-state index contributed by atoms with van der Waals surface area (Å²) in [5, 5.41) is 14.4. The molecule has 5 nitrogen and oxygen atoms in total. The second kappa shape index (κ2) is 7.25. The minimum atomic E-state index is -0.449. The predicted octanol–water partition coefficient (Wildman–Crippen LogP) is 4.80. The highest BCUT2D eigenvalue weighted by Crippen LogP contribution is 2.30. The normalized spacial score (nSPS) is 10.8. The molecule has 0 aliphatic rings. The number of thiophene rings is 1. The molecule has 0 fully saturated rings. The highest BCUT2D eigenvalue weighted by molar-refractivity contribution is 7.98. The Bertz CT molecular complexity index is 952. The van der Waals surface area contributed by atoms with Crippen molar-refractivity contribution in [2.45, 2.75) is 11.4 Å². The van der Waals surface area contributed by atoms with Gasteiger partial charge < -0.3 is 4.90 Å². The van der Waals surface area contributed by atoms with Crippen molar-refractivity contribution < 1.29 is 9.72 Å². The monoisotopic (exact) mass is 372 g/mol. The Kier molecular flexibility index (Phi) is 5.06. The first-order valence-corrected chi connectivity index (χ1v) is 9.64. The number of hydrogen-bond donors (Lipinski definition) is 0. The first kappa shape index (κ1) is 17.4. The molecule has 0 radical (unpaired) electrons. The summed E-state index contributed by atoms with van der Waals surface area (Å²) in [5.74, 6) is -0.231. The van der Waals surface area contributed by atoms with E-state index in [9.17, 15) is 14.9 Å². The molecule has 1 amide bonds. The largest absolute Gasteiger partial charge is 0.337 e. The molecule has 0 atom stereocenters. The molecule has 3 aromatic rings. The number of nitro groups is 1. The van der Waals surface area contributed by atoms with Crippen molar-refractivity contribution in [2.24, 2.45) is 0 Å². The Balaban J connectivity index is 1.85. The lowest BCUT2D eigenvalue weighted by Crippen LogP contribution is -2.26. The summed E-state index contributed by atoms with van der Waals surface area (Å²) < 4.78 is 1.18. The van der Waals surface area contributed by atoms with Crippen LogP contribution in [0, 0.1) is 10.1 Å². The van der Waals surface area contributed by atoms with Gasteiger partial charge in [-0.3, -0.25) is 14.9 Å². The maximum absolute atomic E-state index is 12.7. The average Bonchev–Trinajstić information content (AvgIpc) is 3.03. The first-order valence-electron chi connectivity index (χ1n) is 7.54. The van der Waals surface area contributed by atoms with Gasteiger partial charge in [-0.15, -0.1) is 23.1 Å². The molecule has 128 valence electrons. The van der Waals surface area contributed by atoms with Crippen LogP contribution in [-0.4, -0.2) is 29.0 Å². The zero-order valence-electron chi connectivity index (χ0n) is 13.8. The number of carbonyl (C=O) groups is 1. The number of hydrogen-bond acceptors (Lipinski definition) is 5.